The number of benzene rings is 2. The molecule has 35 heavy (non-hydrogen) atoms. The first-order chi connectivity index (χ1) is 16.8. The third-order valence-electron chi connectivity index (χ3n) is 4.55. The zero-order valence-electron chi connectivity index (χ0n) is 20.3. The molecule has 0 spiro atoms. The lowest BCUT2D eigenvalue weighted by Gasteiger charge is -2.09. The topological polar surface area (TPSA) is 120 Å². The van der Waals surface area contributed by atoms with Crippen LogP contribution in [-0.4, -0.2) is 43.6 Å². The van der Waals surface area contributed by atoms with Gasteiger partial charge in [-0.3, -0.25) is 14.4 Å². The van der Waals surface area contributed by atoms with Gasteiger partial charge < -0.3 is 24.8 Å². The number of hydrogen-bond acceptors (Lipinski definition) is 7. The van der Waals surface area contributed by atoms with Gasteiger partial charge in [0.05, 0.1) is 18.8 Å². The third-order valence-corrected chi connectivity index (χ3v) is 4.55. The smallest absolute Gasteiger partial charge is 0.338 e. The molecule has 2 aromatic rings. The van der Waals surface area contributed by atoms with E-state index in [0.717, 1.165) is 5.75 Å². The molecule has 9 nitrogen and oxygen atoms in total. The SMILES string of the molecule is CCOc1ccc(NC(=O)CCCC(=O)OCC(=O)Nc2ccc(C(=O)OCC(C)C)cc2)cc1. The maximum Gasteiger partial charge on any atom is 0.338 e. The van der Waals surface area contributed by atoms with Crippen molar-refractivity contribution < 1.29 is 33.4 Å². The van der Waals surface area contributed by atoms with Crippen molar-refractivity contribution in [2.24, 2.45) is 5.92 Å². The number of ether oxygens (including phenoxy) is 3. The quantitative estimate of drug-likeness (QED) is 0.409. The Kier molecular flexibility index (Phi) is 11.3. The van der Waals surface area contributed by atoms with Crippen LogP contribution in [0.1, 0.15) is 50.4 Å². The van der Waals surface area contributed by atoms with Gasteiger partial charge >= 0.3 is 11.9 Å². The highest BCUT2D eigenvalue weighted by molar-refractivity contribution is 5.94. The van der Waals surface area contributed by atoms with Gasteiger partial charge in [0.15, 0.2) is 6.61 Å². The van der Waals surface area contributed by atoms with Gasteiger partial charge in [-0.05, 0) is 67.8 Å². The van der Waals surface area contributed by atoms with Crippen LogP contribution in [0, 0.1) is 5.92 Å². The fourth-order valence-corrected chi connectivity index (χ4v) is 2.85. The molecule has 188 valence electrons. The first-order valence-electron chi connectivity index (χ1n) is 11.5. The van der Waals surface area contributed by atoms with Crippen molar-refractivity contribution in [2.45, 2.75) is 40.0 Å². The lowest BCUT2D eigenvalue weighted by molar-refractivity contribution is -0.147. The molecule has 2 amide bonds. The molecule has 0 atom stereocenters. The van der Waals surface area contributed by atoms with Crippen molar-refractivity contribution in [1.29, 1.82) is 0 Å². The van der Waals surface area contributed by atoms with Crippen LogP contribution in [0.4, 0.5) is 11.4 Å². The van der Waals surface area contributed by atoms with E-state index in [1.165, 1.54) is 0 Å². The van der Waals surface area contributed by atoms with E-state index in [4.69, 9.17) is 14.2 Å². The van der Waals surface area contributed by atoms with E-state index in [0.29, 0.717) is 30.2 Å². The summed E-state index contributed by atoms with van der Waals surface area (Å²) in [6.07, 6.45) is 0.440. The minimum atomic E-state index is -0.572. The monoisotopic (exact) mass is 484 g/mol. The van der Waals surface area contributed by atoms with E-state index >= 15 is 0 Å². The van der Waals surface area contributed by atoms with Crippen molar-refractivity contribution in [2.75, 3.05) is 30.5 Å². The molecule has 0 aliphatic heterocycles. The van der Waals surface area contributed by atoms with Crippen molar-refractivity contribution in [1.82, 2.24) is 0 Å². The molecule has 2 rings (SSSR count). The Hall–Kier alpha value is -3.88. The molecular formula is C26H32N2O7. The highest BCUT2D eigenvalue weighted by Gasteiger charge is 2.11. The summed E-state index contributed by atoms with van der Waals surface area (Å²) in [5, 5.41) is 5.33. The van der Waals surface area contributed by atoms with Gasteiger partial charge in [-0.1, -0.05) is 13.8 Å². The molecule has 0 aromatic heterocycles. The standard InChI is InChI=1S/C26H32N2O7/c1-4-33-22-14-12-21(13-15-22)27-23(29)6-5-7-25(31)34-17-24(30)28-20-10-8-19(9-11-20)26(32)35-16-18(2)3/h8-15,18H,4-7,16-17H2,1-3H3,(H,27,29)(H,28,30). The van der Waals surface area contributed by atoms with Crippen molar-refractivity contribution in [3.05, 3.63) is 54.1 Å². The lowest BCUT2D eigenvalue weighted by atomic mass is 10.2. The van der Waals surface area contributed by atoms with Crippen LogP contribution in [0.15, 0.2) is 48.5 Å². The second-order valence-electron chi connectivity index (χ2n) is 8.14. The number of esters is 2. The molecule has 2 N–H and O–H groups in total. The highest BCUT2D eigenvalue weighted by atomic mass is 16.5. The molecule has 0 bridgehead atoms. The van der Waals surface area contributed by atoms with Crippen molar-refractivity contribution in [3.8, 4) is 5.75 Å². The van der Waals surface area contributed by atoms with Gasteiger partial charge in [-0.2, -0.15) is 0 Å². The number of carbonyl (C=O) groups is 4. The third kappa shape index (κ3) is 10.7. The summed E-state index contributed by atoms with van der Waals surface area (Å²) in [6.45, 7) is 6.22. The molecule has 2 aromatic carbocycles. The van der Waals surface area contributed by atoms with Gasteiger partial charge in [0.1, 0.15) is 5.75 Å². The van der Waals surface area contributed by atoms with Crippen LogP contribution in [0.25, 0.3) is 0 Å². The van der Waals surface area contributed by atoms with Crippen LogP contribution in [-0.2, 0) is 23.9 Å². The Bertz CT molecular complexity index is 986. The summed E-state index contributed by atoms with van der Waals surface area (Å²) in [7, 11) is 0. The first-order valence-corrected chi connectivity index (χ1v) is 11.5. The number of nitrogens with one attached hydrogen (secondary N) is 2. The predicted molar refractivity (Wildman–Crippen MR) is 131 cm³/mol. The average molecular weight is 485 g/mol. The van der Waals surface area contributed by atoms with Crippen molar-refractivity contribution in [3.63, 3.8) is 0 Å². The van der Waals surface area contributed by atoms with Gasteiger partial charge in [0.25, 0.3) is 5.91 Å². The van der Waals surface area contributed by atoms with Gasteiger partial charge in [0, 0.05) is 24.2 Å². The molecule has 0 heterocycles. The number of anilines is 2. The van der Waals surface area contributed by atoms with E-state index in [9.17, 15) is 19.2 Å². The zero-order chi connectivity index (χ0) is 25.6. The number of amides is 2. The molecular weight excluding hydrogens is 452 g/mol. The predicted octanol–water partition coefficient (Wildman–Crippen LogP) is 4.19. The summed E-state index contributed by atoms with van der Waals surface area (Å²) in [6, 6.07) is 13.2. The van der Waals surface area contributed by atoms with Crippen LogP contribution in [0.2, 0.25) is 0 Å². The Morgan fingerprint density at radius 2 is 1.40 bits per heavy atom. The fourth-order valence-electron chi connectivity index (χ4n) is 2.85. The molecule has 0 fully saturated rings. The molecule has 0 aliphatic rings. The molecule has 0 saturated heterocycles. The number of hydrogen-bond donors (Lipinski definition) is 2. The minimum absolute atomic E-state index is 0.0111. The van der Waals surface area contributed by atoms with Gasteiger partial charge in [0.2, 0.25) is 5.91 Å². The Morgan fingerprint density at radius 1 is 0.800 bits per heavy atom. The van der Waals surface area contributed by atoms with E-state index in [2.05, 4.69) is 10.6 Å². The number of carbonyl (C=O) groups excluding carboxylic acids is 4. The molecule has 9 heteroatoms. The van der Waals surface area contributed by atoms with E-state index in [-0.39, 0.29) is 31.1 Å². The van der Waals surface area contributed by atoms with Crippen molar-refractivity contribution >= 4 is 35.1 Å². The van der Waals surface area contributed by atoms with Crippen LogP contribution in [0.5, 0.6) is 5.75 Å². The maximum absolute atomic E-state index is 12.0. The summed E-state index contributed by atoms with van der Waals surface area (Å²) >= 11 is 0. The van der Waals surface area contributed by atoms with Crippen LogP contribution >= 0.6 is 0 Å². The van der Waals surface area contributed by atoms with E-state index in [1.54, 1.807) is 48.5 Å². The van der Waals surface area contributed by atoms with E-state index in [1.807, 2.05) is 20.8 Å². The maximum atomic E-state index is 12.0. The van der Waals surface area contributed by atoms with Crippen LogP contribution in [0.3, 0.4) is 0 Å². The van der Waals surface area contributed by atoms with Gasteiger partial charge in [-0.15, -0.1) is 0 Å². The second kappa shape index (κ2) is 14.4. The Balaban J connectivity index is 1.63. The lowest BCUT2D eigenvalue weighted by Crippen LogP contribution is -2.21. The normalized spacial score (nSPS) is 10.4. The molecule has 0 radical (unpaired) electrons. The second-order valence-corrected chi connectivity index (χ2v) is 8.14. The minimum Gasteiger partial charge on any atom is -0.494 e. The molecule has 0 saturated carbocycles. The highest BCUT2D eigenvalue weighted by Crippen LogP contribution is 2.16. The summed E-state index contributed by atoms with van der Waals surface area (Å²) in [5.41, 5.74) is 1.47. The number of rotatable bonds is 13. The largest absolute Gasteiger partial charge is 0.494 e. The first kappa shape index (κ1) is 27.4. The summed E-state index contributed by atoms with van der Waals surface area (Å²) < 4.78 is 15.5. The average Bonchev–Trinajstić information content (AvgIpc) is 2.83. The molecule has 0 aliphatic carbocycles. The summed E-state index contributed by atoms with van der Waals surface area (Å²) in [5.74, 6) is -0.786. The fraction of sp³-hybridized carbons (Fsp3) is 0.385. The Morgan fingerprint density at radius 3 is 2.00 bits per heavy atom. The van der Waals surface area contributed by atoms with Gasteiger partial charge in [-0.25, -0.2) is 4.79 Å². The van der Waals surface area contributed by atoms with E-state index < -0.39 is 24.5 Å². The summed E-state index contributed by atoms with van der Waals surface area (Å²) in [4.78, 5) is 47.8. The van der Waals surface area contributed by atoms with Crippen LogP contribution < -0.4 is 15.4 Å². The Labute approximate surface area is 205 Å². The molecule has 0 unspecified atom stereocenters. The zero-order valence-corrected chi connectivity index (χ0v) is 20.3.